The molecule has 24 heavy (non-hydrogen) atoms. The number of hydrogen-bond donors (Lipinski definition) is 1. The van der Waals surface area contributed by atoms with Gasteiger partial charge in [0.15, 0.2) is 11.6 Å². The van der Waals surface area contributed by atoms with Gasteiger partial charge in [0.25, 0.3) is 0 Å². The Kier molecular flexibility index (Phi) is 6.03. The van der Waals surface area contributed by atoms with Crippen LogP contribution < -0.4 is 4.90 Å². The minimum absolute atomic E-state index is 0.226. The molecule has 1 aromatic rings. The number of aliphatic hydroxyl groups is 1. The first-order chi connectivity index (χ1) is 11.7. The average Bonchev–Trinajstić information content (AvgIpc) is 2.61. The van der Waals surface area contributed by atoms with E-state index in [2.05, 4.69) is 26.7 Å². The normalized spacial score (nSPS) is 26.7. The van der Waals surface area contributed by atoms with Gasteiger partial charge in [0.05, 0.1) is 0 Å². The van der Waals surface area contributed by atoms with Gasteiger partial charge in [-0.25, -0.2) is 9.37 Å². The van der Waals surface area contributed by atoms with Crippen molar-refractivity contribution in [2.24, 2.45) is 5.92 Å². The molecule has 2 saturated heterocycles. The van der Waals surface area contributed by atoms with Gasteiger partial charge in [-0.2, -0.15) is 0 Å². The van der Waals surface area contributed by atoms with Crippen LogP contribution >= 0.6 is 0 Å². The van der Waals surface area contributed by atoms with Crippen LogP contribution in [0.1, 0.15) is 19.3 Å². The van der Waals surface area contributed by atoms with E-state index in [4.69, 9.17) is 0 Å². The molecule has 0 amide bonds. The molecule has 0 spiro atoms. The van der Waals surface area contributed by atoms with Crippen molar-refractivity contribution in [3.8, 4) is 0 Å². The fraction of sp³-hybridized carbons (Fsp3) is 0.722. The summed E-state index contributed by atoms with van der Waals surface area (Å²) < 4.78 is 14.1. The molecule has 1 N–H and O–H groups in total. The van der Waals surface area contributed by atoms with E-state index < -0.39 is 0 Å². The van der Waals surface area contributed by atoms with Crippen molar-refractivity contribution in [2.75, 3.05) is 57.8 Å². The summed E-state index contributed by atoms with van der Waals surface area (Å²) in [5, 5.41) is 9.25. The van der Waals surface area contributed by atoms with Crippen molar-refractivity contribution in [1.82, 2.24) is 14.8 Å². The summed E-state index contributed by atoms with van der Waals surface area (Å²) in [6, 6.07) is 3.66. The van der Waals surface area contributed by atoms with Crippen LogP contribution in [-0.4, -0.2) is 78.9 Å². The summed E-state index contributed by atoms with van der Waals surface area (Å²) in [6.45, 7) is 6.34. The topological polar surface area (TPSA) is 42.8 Å². The van der Waals surface area contributed by atoms with Gasteiger partial charge in [-0.1, -0.05) is 0 Å². The van der Waals surface area contributed by atoms with Gasteiger partial charge in [-0.15, -0.1) is 0 Å². The molecular formula is C18H29FN4O. The number of rotatable bonds is 5. The molecule has 1 aromatic heterocycles. The number of hydrogen-bond acceptors (Lipinski definition) is 5. The molecule has 0 unspecified atom stereocenters. The molecule has 0 aliphatic carbocycles. The van der Waals surface area contributed by atoms with Crippen molar-refractivity contribution in [2.45, 2.75) is 25.3 Å². The van der Waals surface area contributed by atoms with E-state index in [-0.39, 0.29) is 12.4 Å². The molecule has 0 aromatic carbocycles. The molecule has 5 nitrogen and oxygen atoms in total. The van der Waals surface area contributed by atoms with Crippen LogP contribution in [-0.2, 0) is 0 Å². The quantitative estimate of drug-likeness (QED) is 0.881. The van der Waals surface area contributed by atoms with Crippen LogP contribution in [0.5, 0.6) is 0 Å². The lowest BCUT2D eigenvalue weighted by molar-refractivity contribution is 0.0636. The van der Waals surface area contributed by atoms with Crippen molar-refractivity contribution in [3.05, 3.63) is 24.1 Å². The number of halogens is 1. The minimum Gasteiger partial charge on any atom is -0.396 e. The molecule has 0 saturated carbocycles. The first kappa shape index (κ1) is 17.6. The molecule has 0 bridgehead atoms. The Morgan fingerprint density at radius 2 is 2.04 bits per heavy atom. The Bertz CT molecular complexity index is 521. The second-order valence-corrected chi connectivity index (χ2v) is 7.08. The van der Waals surface area contributed by atoms with E-state index >= 15 is 0 Å². The molecule has 2 aliphatic heterocycles. The molecule has 2 aliphatic rings. The monoisotopic (exact) mass is 336 g/mol. The Balaban J connectivity index is 1.69. The minimum atomic E-state index is -0.239. The average molecular weight is 336 g/mol. The van der Waals surface area contributed by atoms with E-state index in [0.29, 0.717) is 17.8 Å². The third kappa shape index (κ3) is 4.05. The van der Waals surface area contributed by atoms with Gasteiger partial charge < -0.3 is 14.9 Å². The van der Waals surface area contributed by atoms with Gasteiger partial charge in [-0.05, 0) is 44.4 Å². The summed E-state index contributed by atoms with van der Waals surface area (Å²) in [5.74, 6) is 0.690. The van der Waals surface area contributed by atoms with Crippen LogP contribution in [0, 0.1) is 11.7 Å². The number of piperidine rings is 1. The second kappa shape index (κ2) is 8.23. The first-order valence-electron chi connectivity index (χ1n) is 9.08. The standard InChI is InChI=1S/C18H29FN4O/c1-21-9-11-22(12-10-21)17-6-8-23(14-15(17)4-3-13-24)18-16(19)5-2-7-20-18/h2,5,7,15,17,24H,3-4,6,8-14H2,1H3/t15-,17+/m1/s1. The number of aliphatic hydroxyl groups excluding tert-OH is 1. The number of aromatic nitrogens is 1. The van der Waals surface area contributed by atoms with Gasteiger partial charge in [-0.3, -0.25) is 4.90 Å². The predicted octanol–water partition coefficient (Wildman–Crippen LogP) is 1.44. The highest BCUT2D eigenvalue weighted by Gasteiger charge is 2.35. The van der Waals surface area contributed by atoms with E-state index in [9.17, 15) is 9.50 Å². The third-order valence-electron chi connectivity index (χ3n) is 5.47. The van der Waals surface area contributed by atoms with Crippen LogP contribution in [0.3, 0.4) is 0 Å². The van der Waals surface area contributed by atoms with Gasteiger partial charge >= 0.3 is 0 Å². The molecule has 0 radical (unpaired) electrons. The molecular weight excluding hydrogens is 307 g/mol. The van der Waals surface area contributed by atoms with Gasteiger partial charge in [0, 0.05) is 58.1 Å². The molecule has 6 heteroatoms. The summed E-state index contributed by atoms with van der Waals surface area (Å²) in [5.41, 5.74) is 0. The molecule has 2 fully saturated rings. The largest absolute Gasteiger partial charge is 0.396 e. The smallest absolute Gasteiger partial charge is 0.165 e. The van der Waals surface area contributed by atoms with Crippen molar-refractivity contribution >= 4 is 5.82 Å². The van der Waals surface area contributed by atoms with Gasteiger partial charge in [0.1, 0.15) is 0 Å². The number of pyridine rings is 1. The molecule has 134 valence electrons. The fourth-order valence-corrected chi connectivity index (χ4v) is 4.09. The highest BCUT2D eigenvalue weighted by molar-refractivity contribution is 5.40. The van der Waals surface area contributed by atoms with Gasteiger partial charge in [0.2, 0.25) is 0 Å². The highest BCUT2D eigenvalue weighted by Crippen LogP contribution is 2.30. The maximum atomic E-state index is 14.1. The lowest BCUT2D eigenvalue weighted by atomic mass is 9.86. The molecule has 2 atom stereocenters. The zero-order valence-electron chi connectivity index (χ0n) is 14.6. The Morgan fingerprint density at radius 3 is 2.75 bits per heavy atom. The zero-order valence-corrected chi connectivity index (χ0v) is 14.6. The fourth-order valence-electron chi connectivity index (χ4n) is 4.09. The van der Waals surface area contributed by atoms with Crippen LogP contribution in [0.2, 0.25) is 0 Å². The molecule has 3 heterocycles. The van der Waals surface area contributed by atoms with E-state index in [1.165, 1.54) is 6.07 Å². The number of likely N-dealkylation sites (N-methyl/N-ethyl adjacent to an activating group) is 1. The van der Waals surface area contributed by atoms with E-state index in [0.717, 1.165) is 58.5 Å². The molecule has 3 rings (SSSR count). The Labute approximate surface area is 144 Å². The lowest BCUT2D eigenvalue weighted by Crippen LogP contribution is -2.56. The Hall–Kier alpha value is -1.24. The van der Waals surface area contributed by atoms with Crippen LogP contribution in [0.15, 0.2) is 18.3 Å². The maximum absolute atomic E-state index is 14.1. The summed E-state index contributed by atoms with van der Waals surface area (Å²) in [7, 11) is 2.17. The third-order valence-corrected chi connectivity index (χ3v) is 5.47. The van der Waals surface area contributed by atoms with Crippen LogP contribution in [0.4, 0.5) is 10.2 Å². The summed E-state index contributed by atoms with van der Waals surface area (Å²) >= 11 is 0. The highest BCUT2D eigenvalue weighted by atomic mass is 19.1. The van der Waals surface area contributed by atoms with Crippen LogP contribution in [0.25, 0.3) is 0 Å². The second-order valence-electron chi connectivity index (χ2n) is 7.08. The number of nitrogens with zero attached hydrogens (tertiary/aromatic N) is 4. The predicted molar refractivity (Wildman–Crippen MR) is 93.7 cm³/mol. The van der Waals surface area contributed by atoms with Crippen molar-refractivity contribution < 1.29 is 9.50 Å². The van der Waals surface area contributed by atoms with Crippen molar-refractivity contribution in [1.29, 1.82) is 0 Å². The number of anilines is 1. The summed E-state index contributed by atoms with van der Waals surface area (Å²) in [4.78, 5) is 11.3. The van der Waals surface area contributed by atoms with Crippen molar-refractivity contribution in [3.63, 3.8) is 0 Å². The summed E-state index contributed by atoms with van der Waals surface area (Å²) in [6.07, 6.45) is 4.50. The van der Waals surface area contributed by atoms with E-state index in [1.807, 2.05) is 0 Å². The number of piperazine rings is 1. The van der Waals surface area contributed by atoms with E-state index in [1.54, 1.807) is 12.3 Å². The lowest BCUT2D eigenvalue weighted by Gasteiger charge is -2.46. The Morgan fingerprint density at radius 1 is 1.25 bits per heavy atom. The maximum Gasteiger partial charge on any atom is 0.165 e. The zero-order chi connectivity index (χ0) is 16.9. The first-order valence-corrected chi connectivity index (χ1v) is 9.08. The SMILES string of the molecule is CN1CCN([C@H]2CCN(c3ncccc3F)C[C@H]2CCCO)CC1.